The first-order chi connectivity index (χ1) is 6.47. The van der Waals surface area contributed by atoms with Gasteiger partial charge in [-0.3, -0.25) is 0 Å². The van der Waals surface area contributed by atoms with E-state index in [1.165, 1.54) is 9.13 Å². The van der Waals surface area contributed by atoms with E-state index in [1.54, 1.807) is 13.8 Å². The van der Waals surface area contributed by atoms with Crippen LogP contribution in [-0.2, 0) is 6.54 Å². The van der Waals surface area contributed by atoms with E-state index in [4.69, 9.17) is 0 Å². The fraction of sp³-hybridized carbons (Fsp3) is 0.455. The van der Waals surface area contributed by atoms with E-state index in [9.17, 15) is 5.11 Å². The molecule has 1 rings (SSSR count). The molecule has 78 valence electrons. The summed E-state index contributed by atoms with van der Waals surface area (Å²) in [6, 6.07) is 8.36. The molecule has 0 radical (unpaired) electrons. The van der Waals surface area contributed by atoms with E-state index >= 15 is 0 Å². The lowest BCUT2D eigenvalue weighted by Crippen LogP contribution is -2.34. The van der Waals surface area contributed by atoms with Crippen molar-refractivity contribution < 1.29 is 5.11 Å². The highest BCUT2D eigenvalue weighted by atomic mass is 127. The summed E-state index contributed by atoms with van der Waals surface area (Å²) < 4.78 is 1.24. The molecule has 14 heavy (non-hydrogen) atoms. The average Bonchev–Trinajstić information content (AvgIpc) is 2.06. The van der Waals surface area contributed by atoms with Crippen molar-refractivity contribution in [2.45, 2.75) is 26.0 Å². The maximum absolute atomic E-state index is 9.48. The van der Waals surface area contributed by atoms with E-state index in [-0.39, 0.29) is 0 Å². The summed E-state index contributed by atoms with van der Waals surface area (Å²) in [6.07, 6.45) is 0. The molecule has 0 fully saturated rings. The molecule has 0 bridgehead atoms. The zero-order chi connectivity index (χ0) is 10.6. The first kappa shape index (κ1) is 11.9. The first-order valence-corrected chi connectivity index (χ1v) is 5.73. The fourth-order valence-corrected chi connectivity index (χ4v) is 1.47. The predicted molar refractivity (Wildman–Crippen MR) is 67.2 cm³/mol. The number of aliphatic hydroxyl groups is 1. The van der Waals surface area contributed by atoms with Crippen molar-refractivity contribution in [3.63, 3.8) is 0 Å². The van der Waals surface area contributed by atoms with Crippen LogP contribution in [0.4, 0.5) is 0 Å². The predicted octanol–water partition coefficient (Wildman–Crippen LogP) is 2.15. The second-order valence-corrected chi connectivity index (χ2v) is 5.29. The lowest BCUT2D eigenvalue weighted by molar-refractivity contribution is 0.0795. The summed E-state index contributed by atoms with van der Waals surface area (Å²) in [4.78, 5) is 0. The zero-order valence-electron chi connectivity index (χ0n) is 8.55. The molecule has 0 aliphatic carbocycles. The molecule has 0 unspecified atom stereocenters. The van der Waals surface area contributed by atoms with Gasteiger partial charge >= 0.3 is 0 Å². The second kappa shape index (κ2) is 5.09. The summed E-state index contributed by atoms with van der Waals surface area (Å²) in [5.74, 6) is 0. The number of halogens is 1. The monoisotopic (exact) mass is 305 g/mol. The van der Waals surface area contributed by atoms with Crippen molar-refractivity contribution in [3.8, 4) is 0 Å². The molecular formula is C11H16INO. The molecule has 0 saturated heterocycles. The van der Waals surface area contributed by atoms with Crippen molar-refractivity contribution in [1.82, 2.24) is 5.32 Å². The Bertz CT molecular complexity index is 276. The third kappa shape index (κ3) is 4.93. The Morgan fingerprint density at radius 2 is 1.86 bits per heavy atom. The first-order valence-electron chi connectivity index (χ1n) is 4.65. The second-order valence-electron chi connectivity index (χ2n) is 4.04. The minimum Gasteiger partial charge on any atom is -0.389 e. The summed E-state index contributed by atoms with van der Waals surface area (Å²) >= 11 is 2.29. The van der Waals surface area contributed by atoms with Gasteiger partial charge in [-0.1, -0.05) is 12.1 Å². The van der Waals surface area contributed by atoms with E-state index in [1.807, 2.05) is 0 Å². The Labute approximate surface area is 98.9 Å². The van der Waals surface area contributed by atoms with Crippen LogP contribution in [0.15, 0.2) is 24.3 Å². The van der Waals surface area contributed by atoms with Gasteiger partial charge in [-0.25, -0.2) is 0 Å². The Hall–Kier alpha value is -0.130. The van der Waals surface area contributed by atoms with Gasteiger partial charge in [0.15, 0.2) is 0 Å². The summed E-state index contributed by atoms with van der Waals surface area (Å²) in [7, 11) is 0. The molecule has 0 spiro atoms. The molecule has 2 N–H and O–H groups in total. The van der Waals surface area contributed by atoms with Crippen molar-refractivity contribution in [3.05, 3.63) is 33.4 Å². The van der Waals surface area contributed by atoms with Crippen molar-refractivity contribution in [1.29, 1.82) is 0 Å². The van der Waals surface area contributed by atoms with Crippen LogP contribution in [0.5, 0.6) is 0 Å². The van der Waals surface area contributed by atoms with Gasteiger partial charge in [-0.2, -0.15) is 0 Å². The van der Waals surface area contributed by atoms with Crippen molar-refractivity contribution >= 4 is 22.6 Å². The minimum atomic E-state index is -0.636. The number of rotatable bonds is 4. The average molecular weight is 305 g/mol. The van der Waals surface area contributed by atoms with Gasteiger partial charge in [0.25, 0.3) is 0 Å². The number of benzene rings is 1. The molecule has 3 heteroatoms. The molecule has 0 heterocycles. The molecule has 0 aliphatic rings. The highest BCUT2D eigenvalue weighted by Crippen LogP contribution is 2.06. The molecule has 0 aromatic heterocycles. The van der Waals surface area contributed by atoms with Crippen LogP contribution in [0, 0.1) is 3.57 Å². The maximum atomic E-state index is 9.48. The largest absolute Gasteiger partial charge is 0.389 e. The lowest BCUT2D eigenvalue weighted by atomic mass is 10.1. The number of hydrogen-bond donors (Lipinski definition) is 2. The highest BCUT2D eigenvalue weighted by molar-refractivity contribution is 14.1. The van der Waals surface area contributed by atoms with Gasteiger partial charge in [0.1, 0.15) is 0 Å². The molecule has 0 aliphatic heterocycles. The SMILES string of the molecule is CC(C)(O)CNCc1ccc(I)cc1. The highest BCUT2D eigenvalue weighted by Gasteiger charge is 2.10. The summed E-state index contributed by atoms with van der Waals surface area (Å²) in [6.45, 7) is 5.02. The van der Waals surface area contributed by atoms with Gasteiger partial charge in [0, 0.05) is 16.7 Å². The Balaban J connectivity index is 2.35. The molecule has 0 saturated carbocycles. The standard InChI is InChI=1S/C11H16INO/c1-11(2,14)8-13-7-9-3-5-10(12)6-4-9/h3-6,13-14H,7-8H2,1-2H3. The van der Waals surface area contributed by atoms with Crippen molar-refractivity contribution in [2.75, 3.05) is 6.54 Å². The molecule has 0 atom stereocenters. The fourth-order valence-electron chi connectivity index (χ4n) is 1.11. The maximum Gasteiger partial charge on any atom is 0.0715 e. The topological polar surface area (TPSA) is 32.3 Å². The minimum absolute atomic E-state index is 0.610. The summed E-state index contributed by atoms with van der Waals surface area (Å²) in [5.41, 5.74) is 0.609. The number of nitrogens with one attached hydrogen (secondary N) is 1. The molecule has 0 amide bonds. The zero-order valence-corrected chi connectivity index (χ0v) is 10.7. The third-order valence-corrected chi connectivity index (χ3v) is 2.52. The van der Waals surface area contributed by atoms with Crippen LogP contribution in [0.25, 0.3) is 0 Å². The van der Waals surface area contributed by atoms with Crippen LogP contribution < -0.4 is 5.32 Å². The van der Waals surface area contributed by atoms with Crippen LogP contribution in [-0.4, -0.2) is 17.3 Å². The van der Waals surface area contributed by atoms with Crippen LogP contribution in [0.3, 0.4) is 0 Å². The van der Waals surface area contributed by atoms with Gasteiger partial charge in [-0.15, -0.1) is 0 Å². The van der Waals surface area contributed by atoms with Crippen LogP contribution in [0.2, 0.25) is 0 Å². The summed E-state index contributed by atoms with van der Waals surface area (Å²) in [5, 5.41) is 12.7. The van der Waals surface area contributed by atoms with Crippen LogP contribution >= 0.6 is 22.6 Å². The van der Waals surface area contributed by atoms with E-state index in [0.29, 0.717) is 6.54 Å². The molecular weight excluding hydrogens is 289 g/mol. The normalized spacial score (nSPS) is 11.7. The molecule has 1 aromatic carbocycles. The Kier molecular flexibility index (Phi) is 4.34. The quantitative estimate of drug-likeness (QED) is 0.836. The van der Waals surface area contributed by atoms with Gasteiger partial charge in [-0.05, 0) is 54.1 Å². The van der Waals surface area contributed by atoms with Gasteiger partial charge in [0.2, 0.25) is 0 Å². The van der Waals surface area contributed by atoms with Crippen LogP contribution in [0.1, 0.15) is 19.4 Å². The lowest BCUT2D eigenvalue weighted by Gasteiger charge is -2.17. The smallest absolute Gasteiger partial charge is 0.0715 e. The van der Waals surface area contributed by atoms with Crippen molar-refractivity contribution in [2.24, 2.45) is 0 Å². The Morgan fingerprint density at radius 1 is 1.29 bits per heavy atom. The number of hydrogen-bond acceptors (Lipinski definition) is 2. The van der Waals surface area contributed by atoms with Gasteiger partial charge < -0.3 is 10.4 Å². The van der Waals surface area contributed by atoms with E-state index in [0.717, 1.165) is 6.54 Å². The third-order valence-electron chi connectivity index (χ3n) is 1.80. The van der Waals surface area contributed by atoms with E-state index < -0.39 is 5.60 Å². The molecule has 2 nitrogen and oxygen atoms in total. The van der Waals surface area contributed by atoms with E-state index in [2.05, 4.69) is 52.2 Å². The van der Waals surface area contributed by atoms with Gasteiger partial charge in [0.05, 0.1) is 5.60 Å². The Morgan fingerprint density at radius 3 is 2.36 bits per heavy atom. The molecule has 1 aromatic rings.